The van der Waals surface area contributed by atoms with Gasteiger partial charge in [-0.3, -0.25) is 4.79 Å². The number of rotatable bonds is 5. The number of nitrogens with zero attached hydrogens (tertiary/aromatic N) is 3. The van der Waals surface area contributed by atoms with Crippen molar-refractivity contribution in [1.29, 1.82) is 0 Å². The monoisotopic (exact) mass is 290 g/mol. The van der Waals surface area contributed by atoms with Gasteiger partial charge in [-0.2, -0.15) is 5.10 Å². The van der Waals surface area contributed by atoms with E-state index in [1.54, 1.807) is 12.3 Å². The van der Waals surface area contributed by atoms with E-state index >= 15 is 0 Å². The summed E-state index contributed by atoms with van der Waals surface area (Å²) in [6, 6.07) is 5.91. The molecule has 21 heavy (non-hydrogen) atoms. The minimum Gasteiger partial charge on any atom is -0.373 e. The first-order chi connectivity index (χ1) is 10.0. The van der Waals surface area contributed by atoms with Crippen molar-refractivity contribution in [1.82, 2.24) is 9.78 Å². The van der Waals surface area contributed by atoms with Gasteiger partial charge in [0.25, 0.3) is 5.56 Å². The lowest BCUT2D eigenvalue weighted by Gasteiger charge is -2.16. The second-order valence-electron chi connectivity index (χ2n) is 4.84. The summed E-state index contributed by atoms with van der Waals surface area (Å²) in [6.07, 6.45) is 1.63. The van der Waals surface area contributed by atoms with Crippen molar-refractivity contribution in [3.8, 4) is 0 Å². The van der Waals surface area contributed by atoms with Gasteiger partial charge in [0.1, 0.15) is 5.82 Å². The number of halogens is 1. The van der Waals surface area contributed by atoms with Gasteiger partial charge >= 0.3 is 0 Å². The van der Waals surface area contributed by atoms with Gasteiger partial charge in [0.2, 0.25) is 0 Å². The summed E-state index contributed by atoms with van der Waals surface area (Å²) in [5, 5.41) is 4.15. The Labute approximate surface area is 122 Å². The van der Waals surface area contributed by atoms with Crippen molar-refractivity contribution in [2.75, 3.05) is 18.5 Å². The van der Waals surface area contributed by atoms with Gasteiger partial charge in [0.15, 0.2) is 0 Å². The van der Waals surface area contributed by atoms with Gasteiger partial charge in [-0.15, -0.1) is 0 Å². The SMILES string of the molecule is CCN(C)c1cnn(Cc2cc(F)ccc2CN)c(=O)c1. The molecule has 112 valence electrons. The summed E-state index contributed by atoms with van der Waals surface area (Å²) in [7, 11) is 1.89. The first-order valence-corrected chi connectivity index (χ1v) is 6.80. The molecule has 0 spiro atoms. The van der Waals surface area contributed by atoms with Crippen LogP contribution in [-0.2, 0) is 13.1 Å². The third-order valence-electron chi connectivity index (χ3n) is 3.48. The maximum absolute atomic E-state index is 13.3. The summed E-state index contributed by atoms with van der Waals surface area (Å²) in [5.41, 5.74) is 7.65. The molecule has 0 radical (unpaired) electrons. The first-order valence-electron chi connectivity index (χ1n) is 6.80. The van der Waals surface area contributed by atoms with Crippen molar-refractivity contribution >= 4 is 5.69 Å². The molecule has 6 heteroatoms. The zero-order valence-electron chi connectivity index (χ0n) is 12.2. The molecule has 2 rings (SSSR count). The second-order valence-corrected chi connectivity index (χ2v) is 4.84. The molecule has 2 aromatic rings. The number of hydrogen-bond acceptors (Lipinski definition) is 4. The molecule has 0 aliphatic rings. The van der Waals surface area contributed by atoms with Crippen LogP contribution in [0.15, 0.2) is 35.3 Å². The molecular weight excluding hydrogens is 271 g/mol. The van der Waals surface area contributed by atoms with Crippen LogP contribution in [0.25, 0.3) is 0 Å². The number of hydrogen-bond donors (Lipinski definition) is 1. The minimum atomic E-state index is -0.349. The van der Waals surface area contributed by atoms with Gasteiger partial charge in [-0.25, -0.2) is 9.07 Å². The summed E-state index contributed by atoms with van der Waals surface area (Å²) in [4.78, 5) is 14.0. The Hall–Kier alpha value is -2.21. The predicted molar refractivity (Wildman–Crippen MR) is 80.8 cm³/mol. The van der Waals surface area contributed by atoms with Gasteiger partial charge in [0.05, 0.1) is 18.4 Å². The van der Waals surface area contributed by atoms with Crippen molar-refractivity contribution in [2.45, 2.75) is 20.0 Å². The number of benzene rings is 1. The fourth-order valence-electron chi connectivity index (χ4n) is 2.04. The molecule has 0 aliphatic carbocycles. The molecule has 0 amide bonds. The van der Waals surface area contributed by atoms with Crippen molar-refractivity contribution in [3.05, 3.63) is 57.8 Å². The predicted octanol–water partition coefficient (Wildman–Crippen LogP) is 1.35. The number of aromatic nitrogens is 2. The lowest BCUT2D eigenvalue weighted by atomic mass is 10.1. The van der Waals surface area contributed by atoms with Crippen LogP contribution in [0.5, 0.6) is 0 Å². The molecule has 0 atom stereocenters. The van der Waals surface area contributed by atoms with Crippen LogP contribution >= 0.6 is 0 Å². The normalized spacial score (nSPS) is 10.7. The average molecular weight is 290 g/mol. The Morgan fingerprint density at radius 1 is 1.33 bits per heavy atom. The summed E-state index contributed by atoms with van der Waals surface area (Å²) < 4.78 is 14.7. The summed E-state index contributed by atoms with van der Waals surface area (Å²) in [5.74, 6) is -0.349. The maximum atomic E-state index is 13.3. The lowest BCUT2D eigenvalue weighted by molar-refractivity contribution is 0.606. The van der Waals surface area contributed by atoms with Crippen LogP contribution in [0.1, 0.15) is 18.1 Å². The van der Waals surface area contributed by atoms with E-state index in [4.69, 9.17) is 5.73 Å². The topological polar surface area (TPSA) is 64.2 Å². The van der Waals surface area contributed by atoms with E-state index < -0.39 is 0 Å². The Kier molecular flexibility index (Phi) is 4.70. The molecule has 1 heterocycles. The summed E-state index contributed by atoms with van der Waals surface area (Å²) >= 11 is 0. The molecule has 0 unspecified atom stereocenters. The molecule has 1 aromatic heterocycles. The molecular formula is C15H19FN4O. The first kappa shape index (κ1) is 15.2. The Balaban J connectivity index is 2.32. The van der Waals surface area contributed by atoms with Gasteiger partial charge in [-0.05, 0) is 30.2 Å². The van der Waals surface area contributed by atoms with Crippen LogP contribution in [0.4, 0.5) is 10.1 Å². The van der Waals surface area contributed by atoms with Crippen molar-refractivity contribution in [3.63, 3.8) is 0 Å². The summed E-state index contributed by atoms with van der Waals surface area (Å²) in [6.45, 7) is 3.28. The smallest absolute Gasteiger partial charge is 0.269 e. The average Bonchev–Trinajstić information content (AvgIpc) is 2.48. The van der Waals surface area contributed by atoms with E-state index in [0.29, 0.717) is 12.1 Å². The Bertz CT molecular complexity index is 684. The highest BCUT2D eigenvalue weighted by atomic mass is 19.1. The van der Waals surface area contributed by atoms with E-state index in [9.17, 15) is 9.18 Å². The van der Waals surface area contributed by atoms with E-state index in [2.05, 4.69) is 5.10 Å². The Morgan fingerprint density at radius 3 is 2.71 bits per heavy atom. The zero-order valence-corrected chi connectivity index (χ0v) is 12.2. The molecule has 0 aliphatic heterocycles. The van der Waals surface area contributed by atoms with E-state index in [1.165, 1.54) is 22.9 Å². The highest BCUT2D eigenvalue weighted by Crippen LogP contribution is 2.12. The van der Waals surface area contributed by atoms with Crippen LogP contribution in [-0.4, -0.2) is 23.4 Å². The van der Waals surface area contributed by atoms with E-state index in [-0.39, 0.29) is 17.9 Å². The fourth-order valence-corrected chi connectivity index (χ4v) is 2.04. The maximum Gasteiger partial charge on any atom is 0.269 e. The van der Waals surface area contributed by atoms with Crippen molar-refractivity contribution < 1.29 is 4.39 Å². The molecule has 5 nitrogen and oxygen atoms in total. The van der Waals surface area contributed by atoms with Crippen LogP contribution in [0.3, 0.4) is 0 Å². The highest BCUT2D eigenvalue weighted by Gasteiger charge is 2.08. The molecule has 0 fully saturated rings. The lowest BCUT2D eigenvalue weighted by Crippen LogP contribution is -2.26. The number of anilines is 1. The van der Waals surface area contributed by atoms with E-state index in [0.717, 1.165) is 17.8 Å². The van der Waals surface area contributed by atoms with Crippen LogP contribution in [0.2, 0.25) is 0 Å². The van der Waals surface area contributed by atoms with Gasteiger partial charge in [0, 0.05) is 26.2 Å². The van der Waals surface area contributed by atoms with Crippen LogP contribution < -0.4 is 16.2 Å². The van der Waals surface area contributed by atoms with Gasteiger partial charge < -0.3 is 10.6 Å². The van der Waals surface area contributed by atoms with Gasteiger partial charge in [-0.1, -0.05) is 6.07 Å². The Morgan fingerprint density at radius 2 is 2.10 bits per heavy atom. The zero-order chi connectivity index (χ0) is 15.4. The third kappa shape index (κ3) is 3.46. The van der Waals surface area contributed by atoms with E-state index in [1.807, 2.05) is 18.9 Å². The minimum absolute atomic E-state index is 0.208. The standard InChI is InChI=1S/C15H19FN4O/c1-3-19(2)14-7-15(21)20(18-9-14)10-12-6-13(16)5-4-11(12)8-17/h4-7,9H,3,8,10,17H2,1-2H3. The fraction of sp³-hybridized carbons (Fsp3) is 0.333. The molecule has 0 bridgehead atoms. The van der Waals surface area contributed by atoms with Crippen LogP contribution in [0, 0.1) is 5.82 Å². The quantitative estimate of drug-likeness (QED) is 0.902. The van der Waals surface area contributed by atoms with Crippen molar-refractivity contribution in [2.24, 2.45) is 5.73 Å². The molecule has 0 saturated heterocycles. The third-order valence-corrected chi connectivity index (χ3v) is 3.48. The largest absolute Gasteiger partial charge is 0.373 e. The highest BCUT2D eigenvalue weighted by molar-refractivity contribution is 5.41. The second kappa shape index (κ2) is 6.49. The molecule has 0 saturated carbocycles. The molecule has 2 N–H and O–H groups in total. The number of nitrogens with two attached hydrogens (primary N) is 1. The molecule has 1 aromatic carbocycles.